The molecule has 1 aliphatic rings. The third kappa shape index (κ3) is 7.16. The van der Waals surface area contributed by atoms with Crippen LogP contribution in [0.25, 0.3) is 16.3 Å². The molecule has 3 N–H and O–H groups in total. The van der Waals surface area contributed by atoms with Crippen LogP contribution in [-0.4, -0.2) is 42.9 Å². The van der Waals surface area contributed by atoms with E-state index in [9.17, 15) is 18.6 Å². The van der Waals surface area contributed by atoms with E-state index in [1.165, 1.54) is 21.7 Å². The molecule has 0 saturated heterocycles. The first kappa shape index (κ1) is 29.0. The van der Waals surface area contributed by atoms with E-state index in [0.717, 1.165) is 32.4 Å². The van der Waals surface area contributed by atoms with Crippen molar-refractivity contribution in [1.82, 2.24) is 0 Å². The number of β-amino-alcohol motifs (C(OH)–C–C–N with tert-alkyl or cyclic N) is 1. The van der Waals surface area contributed by atoms with Crippen molar-refractivity contribution in [1.29, 1.82) is 0 Å². The van der Waals surface area contributed by atoms with Gasteiger partial charge in [0.1, 0.15) is 11.3 Å². The van der Waals surface area contributed by atoms with Gasteiger partial charge in [-0.3, -0.25) is 4.55 Å². The Bertz CT molecular complexity index is 1610. The molecule has 3 aromatic carbocycles. The van der Waals surface area contributed by atoms with Crippen LogP contribution in [0.2, 0.25) is 0 Å². The van der Waals surface area contributed by atoms with Gasteiger partial charge in [0.15, 0.2) is 6.54 Å². The van der Waals surface area contributed by atoms with Crippen LogP contribution >= 0.6 is 23.1 Å². The lowest BCUT2D eigenvalue weighted by molar-refractivity contribution is -0.670. The second-order valence-corrected chi connectivity index (χ2v) is 12.4. The molecular formula is C29H31N2O5S3+. The summed E-state index contributed by atoms with van der Waals surface area (Å²) in [5, 5.41) is 21.2. The first-order chi connectivity index (χ1) is 18.7. The highest BCUT2D eigenvalue weighted by Gasteiger charge is 2.24. The number of allylic oxidation sites excluding steroid dienone is 2. The number of para-hydroxylation sites is 2. The van der Waals surface area contributed by atoms with Crippen molar-refractivity contribution in [2.24, 2.45) is 0 Å². The second-order valence-electron chi connectivity index (χ2n) is 8.89. The van der Waals surface area contributed by atoms with Gasteiger partial charge in [-0.1, -0.05) is 65.1 Å². The van der Waals surface area contributed by atoms with E-state index in [0.29, 0.717) is 13.1 Å². The first-order valence-corrected chi connectivity index (χ1v) is 15.4. The fourth-order valence-electron chi connectivity index (χ4n) is 4.12. The zero-order valence-corrected chi connectivity index (χ0v) is 24.1. The Labute approximate surface area is 237 Å². The molecule has 39 heavy (non-hydrogen) atoms. The minimum atomic E-state index is -4.02. The first-order valence-electron chi connectivity index (χ1n) is 12.3. The van der Waals surface area contributed by atoms with E-state index < -0.39 is 10.1 Å². The highest BCUT2D eigenvalue weighted by molar-refractivity contribution is 8.03. The van der Waals surface area contributed by atoms with Gasteiger partial charge in [-0.05, 0) is 55.8 Å². The molecule has 204 valence electrons. The van der Waals surface area contributed by atoms with E-state index in [4.69, 9.17) is 4.55 Å². The number of nitrogens with zero attached hydrogens (tertiary/aromatic N) is 2. The van der Waals surface area contributed by atoms with Crippen LogP contribution in [0.3, 0.4) is 0 Å². The van der Waals surface area contributed by atoms with Gasteiger partial charge >= 0.3 is 0 Å². The molecule has 1 aromatic heterocycles. The summed E-state index contributed by atoms with van der Waals surface area (Å²) in [6.07, 6.45) is 4.35. The highest BCUT2D eigenvalue weighted by atomic mass is 32.2. The van der Waals surface area contributed by atoms with Crippen molar-refractivity contribution in [3.8, 4) is 0 Å². The molecule has 2 heterocycles. The maximum absolute atomic E-state index is 10.5. The molecule has 0 amide bonds. The van der Waals surface area contributed by atoms with E-state index in [2.05, 4.69) is 52.8 Å². The van der Waals surface area contributed by atoms with Crippen LogP contribution < -0.4 is 9.47 Å². The second kappa shape index (κ2) is 12.9. The molecule has 0 fully saturated rings. The van der Waals surface area contributed by atoms with Gasteiger partial charge in [-0.2, -0.15) is 13.0 Å². The van der Waals surface area contributed by atoms with Crippen LogP contribution in [0.5, 0.6) is 0 Å². The van der Waals surface area contributed by atoms with Crippen molar-refractivity contribution in [2.75, 3.05) is 24.7 Å². The van der Waals surface area contributed by atoms with Gasteiger partial charge in [0.25, 0.3) is 15.1 Å². The lowest BCUT2D eigenvalue weighted by Crippen LogP contribution is -2.36. The Morgan fingerprint density at radius 3 is 2.36 bits per heavy atom. The molecule has 7 nitrogen and oxygen atoms in total. The number of aliphatic hydroxyl groups excluding tert-OH is 2. The zero-order chi connectivity index (χ0) is 28.0. The van der Waals surface area contributed by atoms with Crippen LogP contribution in [0.15, 0.2) is 99.3 Å². The minimum absolute atomic E-state index is 0.0666. The molecule has 0 unspecified atom stereocenters. The standard InChI is InChI=1S/C22H23N2O2S2.C7H8O3S/c1-16(14-21-23(10-12-25)17-6-2-4-8-19(17)27-21)15-22-24(11-13-26)18-7-3-5-9-20(18)28-22;1-6-2-4-7(5-3-6)11(8,9)10/h2-9,14-15,25-26H,10-13H2,1H3;2-5H,1H3,(H,8,9,10)/q+1;. The molecule has 0 bridgehead atoms. The quantitative estimate of drug-likeness (QED) is 0.201. The normalized spacial score (nSPS) is 14.4. The zero-order valence-electron chi connectivity index (χ0n) is 21.7. The number of aromatic nitrogens is 1. The topological polar surface area (TPSA) is 102 Å². The average molecular weight is 584 g/mol. The Hall–Kier alpha value is -2.99. The van der Waals surface area contributed by atoms with E-state index >= 15 is 0 Å². The van der Waals surface area contributed by atoms with Crippen molar-refractivity contribution in [3.05, 3.63) is 100 Å². The third-order valence-corrected chi connectivity index (χ3v) is 9.03. The molecule has 1 aliphatic heterocycles. The monoisotopic (exact) mass is 583 g/mol. The molecule has 5 rings (SSSR count). The van der Waals surface area contributed by atoms with Crippen molar-refractivity contribution in [3.63, 3.8) is 0 Å². The van der Waals surface area contributed by atoms with Gasteiger partial charge in [0.05, 0.1) is 22.2 Å². The van der Waals surface area contributed by atoms with Gasteiger partial charge in [-0.25, -0.2) is 0 Å². The molecule has 4 aromatic rings. The summed E-state index contributed by atoms with van der Waals surface area (Å²) in [4.78, 5) is 3.32. The number of fused-ring (bicyclic) bond motifs is 2. The Morgan fingerprint density at radius 1 is 0.974 bits per heavy atom. The van der Waals surface area contributed by atoms with Crippen molar-refractivity contribution >= 4 is 55.2 Å². The smallest absolute Gasteiger partial charge is 0.294 e. The third-order valence-electron chi connectivity index (χ3n) is 5.94. The van der Waals surface area contributed by atoms with Crippen LogP contribution in [0.1, 0.15) is 17.5 Å². The number of thioether (sulfide) groups is 1. The number of hydrogen-bond donors (Lipinski definition) is 3. The van der Waals surface area contributed by atoms with E-state index in [1.54, 1.807) is 35.2 Å². The number of anilines is 1. The summed E-state index contributed by atoms with van der Waals surface area (Å²) in [6.45, 7) is 5.33. The molecule has 0 aliphatic carbocycles. The molecule has 0 spiro atoms. The van der Waals surface area contributed by atoms with Crippen LogP contribution in [-0.2, 0) is 16.7 Å². The molecule has 0 radical (unpaired) electrons. The van der Waals surface area contributed by atoms with E-state index in [1.807, 2.05) is 31.2 Å². The largest absolute Gasteiger partial charge is 0.395 e. The number of benzene rings is 3. The molecule has 10 heteroatoms. The SMILES string of the molecule is CC(=Cc1sc2ccccc2[n+]1CCO)C=C1Sc2ccccc2N1CCO.Cc1ccc(S(=O)(=O)O)cc1. The van der Waals surface area contributed by atoms with Crippen LogP contribution in [0.4, 0.5) is 5.69 Å². The number of hydrogen-bond acceptors (Lipinski definition) is 7. The van der Waals surface area contributed by atoms with Crippen molar-refractivity contribution < 1.29 is 27.8 Å². The fraction of sp³-hybridized carbons (Fsp3) is 0.207. The summed E-state index contributed by atoms with van der Waals surface area (Å²) in [6, 6.07) is 22.6. The van der Waals surface area contributed by atoms with Gasteiger partial charge in [-0.15, -0.1) is 0 Å². The molecule has 0 atom stereocenters. The van der Waals surface area contributed by atoms with Gasteiger partial charge < -0.3 is 15.1 Å². The fourth-order valence-corrected chi connectivity index (χ4v) is 7.00. The lowest BCUT2D eigenvalue weighted by Gasteiger charge is -2.19. The number of thiazole rings is 1. The molecule has 0 saturated carbocycles. The number of aryl methyl sites for hydroxylation is 1. The van der Waals surface area contributed by atoms with Crippen molar-refractivity contribution in [2.45, 2.75) is 30.2 Å². The lowest BCUT2D eigenvalue weighted by atomic mass is 10.2. The Balaban J connectivity index is 0.000000270. The number of rotatable bonds is 7. The van der Waals surface area contributed by atoms with Gasteiger partial charge in [0.2, 0.25) is 5.52 Å². The summed E-state index contributed by atoms with van der Waals surface area (Å²) in [5.74, 6) is 0. The summed E-state index contributed by atoms with van der Waals surface area (Å²) in [5.41, 5.74) is 4.39. The maximum atomic E-state index is 10.5. The summed E-state index contributed by atoms with van der Waals surface area (Å²) >= 11 is 3.47. The van der Waals surface area contributed by atoms with Gasteiger partial charge in [0, 0.05) is 23.6 Å². The highest BCUT2D eigenvalue weighted by Crippen LogP contribution is 2.46. The number of aliphatic hydroxyl groups is 2. The Morgan fingerprint density at radius 2 is 1.67 bits per heavy atom. The van der Waals surface area contributed by atoms with E-state index in [-0.39, 0.29) is 18.1 Å². The summed E-state index contributed by atoms with van der Waals surface area (Å²) in [7, 11) is -4.02. The average Bonchev–Trinajstić information content (AvgIpc) is 3.42. The predicted octanol–water partition coefficient (Wildman–Crippen LogP) is 5.27. The summed E-state index contributed by atoms with van der Waals surface area (Å²) < 4.78 is 32.9. The maximum Gasteiger partial charge on any atom is 0.294 e. The van der Waals surface area contributed by atoms with Crippen LogP contribution in [0, 0.1) is 6.92 Å². The Kier molecular flexibility index (Phi) is 9.60. The predicted molar refractivity (Wildman–Crippen MR) is 159 cm³/mol. The molecular weight excluding hydrogens is 553 g/mol. The minimum Gasteiger partial charge on any atom is -0.395 e.